The number of fused-ring (bicyclic) bond motifs is 3. The van der Waals surface area contributed by atoms with E-state index < -0.39 is 65.5 Å². The molecule has 2 aromatic rings. The average molecular weight is 592 g/mol. The van der Waals surface area contributed by atoms with E-state index in [0.717, 1.165) is 12.1 Å². The van der Waals surface area contributed by atoms with Crippen molar-refractivity contribution in [3.63, 3.8) is 0 Å². The third-order valence-electron chi connectivity index (χ3n) is 7.23. The lowest BCUT2D eigenvalue weighted by atomic mass is 9.67. The molecule has 0 amide bonds. The van der Waals surface area contributed by atoms with Crippen LogP contribution in [0.2, 0.25) is 5.02 Å². The first kappa shape index (κ1) is 28.7. The van der Waals surface area contributed by atoms with Crippen LogP contribution in [0.4, 0.5) is 8.78 Å². The zero-order valence-electron chi connectivity index (χ0n) is 20.6. The summed E-state index contributed by atoms with van der Waals surface area (Å²) in [7, 11) is -8.26. The number of hydrogen-bond acceptors (Lipinski definition) is 7. The van der Waals surface area contributed by atoms with E-state index in [-0.39, 0.29) is 43.1 Å². The highest BCUT2D eigenvalue weighted by atomic mass is 35.5. The number of carbonyl (C=O) groups is 1. The molecule has 0 spiro atoms. The smallest absolute Gasteiger partial charge is 0.306 e. The number of rotatable bonds is 9. The summed E-state index contributed by atoms with van der Waals surface area (Å²) in [6.45, 7) is 1.31. The van der Waals surface area contributed by atoms with Crippen LogP contribution in [0.1, 0.15) is 38.2 Å². The van der Waals surface area contributed by atoms with Crippen LogP contribution in [0.15, 0.2) is 41.3 Å². The van der Waals surface area contributed by atoms with Gasteiger partial charge in [0.15, 0.2) is 21.4 Å². The SMILES string of the molecule is CCOC(=O)CCS(=O)(=O)NC[C@@H]1CCC[C@@]2(S(=O)(=O)c3ccc(Cl)cc3)c3c(F)ccc(F)c3OC[C@@H]12. The normalized spacial score (nSPS) is 23.2. The molecule has 1 aliphatic heterocycles. The van der Waals surface area contributed by atoms with Crippen LogP contribution in [-0.4, -0.2) is 48.3 Å². The van der Waals surface area contributed by atoms with E-state index in [0.29, 0.717) is 17.9 Å². The van der Waals surface area contributed by atoms with Crippen molar-refractivity contribution in [1.82, 2.24) is 4.72 Å². The lowest BCUT2D eigenvalue weighted by Crippen LogP contribution is -2.55. The molecule has 4 rings (SSSR count). The molecule has 0 unspecified atom stereocenters. The third kappa shape index (κ3) is 5.28. The van der Waals surface area contributed by atoms with Crippen LogP contribution in [0.25, 0.3) is 0 Å². The minimum absolute atomic E-state index is 0.00846. The van der Waals surface area contributed by atoms with Crippen molar-refractivity contribution in [2.24, 2.45) is 11.8 Å². The Hall–Kier alpha value is -2.28. The van der Waals surface area contributed by atoms with Gasteiger partial charge in [0.25, 0.3) is 0 Å². The Morgan fingerprint density at radius 3 is 2.50 bits per heavy atom. The van der Waals surface area contributed by atoms with Gasteiger partial charge in [0.05, 0.1) is 35.8 Å². The molecule has 1 aliphatic carbocycles. The fraction of sp³-hybridized carbons (Fsp3) is 0.480. The fourth-order valence-electron chi connectivity index (χ4n) is 5.51. The second kappa shape index (κ2) is 11.1. The minimum Gasteiger partial charge on any atom is -0.490 e. The Bertz CT molecular complexity index is 1420. The van der Waals surface area contributed by atoms with Gasteiger partial charge in [0.2, 0.25) is 10.0 Å². The van der Waals surface area contributed by atoms with E-state index >= 15 is 4.39 Å². The van der Waals surface area contributed by atoms with Crippen molar-refractivity contribution in [1.29, 1.82) is 0 Å². The maximum absolute atomic E-state index is 15.4. The van der Waals surface area contributed by atoms with E-state index in [1.807, 2.05) is 0 Å². The molecule has 1 N–H and O–H groups in total. The van der Waals surface area contributed by atoms with Gasteiger partial charge in [-0.2, -0.15) is 0 Å². The number of carbonyl (C=O) groups excluding carboxylic acids is 1. The van der Waals surface area contributed by atoms with Gasteiger partial charge >= 0.3 is 5.97 Å². The Balaban J connectivity index is 1.73. The molecule has 3 atom stereocenters. The number of nitrogens with one attached hydrogen (secondary N) is 1. The number of esters is 1. The summed E-state index contributed by atoms with van der Waals surface area (Å²) >= 11 is 5.96. The first-order chi connectivity index (χ1) is 17.9. The van der Waals surface area contributed by atoms with Crippen LogP contribution in [0, 0.1) is 23.5 Å². The Kier molecular flexibility index (Phi) is 8.37. The van der Waals surface area contributed by atoms with Gasteiger partial charge in [-0.3, -0.25) is 4.79 Å². The molecule has 0 bridgehead atoms. The summed E-state index contributed by atoms with van der Waals surface area (Å²) in [5, 5.41) is 0.307. The quantitative estimate of drug-likeness (QED) is 0.439. The highest BCUT2D eigenvalue weighted by Crippen LogP contribution is 2.58. The Morgan fingerprint density at radius 2 is 1.82 bits per heavy atom. The Morgan fingerprint density at radius 1 is 1.13 bits per heavy atom. The summed E-state index contributed by atoms with van der Waals surface area (Å²) in [6.07, 6.45) is 0.394. The number of sulfone groups is 1. The second-order valence-electron chi connectivity index (χ2n) is 9.37. The average Bonchev–Trinajstić information content (AvgIpc) is 2.88. The molecule has 0 saturated heterocycles. The summed E-state index contributed by atoms with van der Waals surface area (Å²) in [6, 6.07) is 7.20. The largest absolute Gasteiger partial charge is 0.490 e. The van der Waals surface area contributed by atoms with E-state index in [1.54, 1.807) is 6.92 Å². The first-order valence-corrected chi connectivity index (χ1v) is 15.7. The van der Waals surface area contributed by atoms with Crippen molar-refractivity contribution in [2.75, 3.05) is 25.5 Å². The molecular weight excluding hydrogens is 564 g/mol. The zero-order valence-corrected chi connectivity index (χ0v) is 23.0. The second-order valence-corrected chi connectivity index (χ2v) is 13.9. The van der Waals surface area contributed by atoms with Crippen LogP contribution in [-0.2, 0) is 34.1 Å². The lowest BCUT2D eigenvalue weighted by Gasteiger charge is -2.50. The van der Waals surface area contributed by atoms with E-state index in [2.05, 4.69) is 4.72 Å². The molecule has 38 heavy (non-hydrogen) atoms. The number of sulfonamides is 1. The summed E-state index contributed by atoms with van der Waals surface area (Å²) in [4.78, 5) is 11.5. The van der Waals surface area contributed by atoms with Gasteiger partial charge in [-0.05, 0) is 62.1 Å². The molecule has 2 aliphatic rings. The van der Waals surface area contributed by atoms with E-state index in [4.69, 9.17) is 21.1 Å². The van der Waals surface area contributed by atoms with Gasteiger partial charge < -0.3 is 9.47 Å². The maximum atomic E-state index is 15.4. The molecule has 0 radical (unpaired) electrons. The molecule has 0 aromatic heterocycles. The lowest BCUT2D eigenvalue weighted by molar-refractivity contribution is -0.142. The number of benzene rings is 2. The van der Waals surface area contributed by atoms with Crippen molar-refractivity contribution < 1.29 is 39.9 Å². The molecule has 2 aromatic carbocycles. The van der Waals surface area contributed by atoms with Crippen molar-refractivity contribution >= 4 is 37.4 Å². The number of ether oxygens (including phenoxy) is 2. The standard InChI is InChI=1S/C25H28ClF2NO7S2/c1-2-35-22(30)11-13-37(31,32)29-14-16-4-3-12-25(38(33,34)18-7-5-17(26)6-8-18)19(16)15-36-24-21(28)10-9-20(27)23(24)25/h5-10,16,19,29H,2-4,11-15H2,1H3/t16-,19-,25-/m0/s1. The monoisotopic (exact) mass is 591 g/mol. The summed E-state index contributed by atoms with van der Waals surface area (Å²) in [5.74, 6) is -4.89. The summed E-state index contributed by atoms with van der Waals surface area (Å²) in [5.41, 5.74) is -0.376. The summed E-state index contributed by atoms with van der Waals surface area (Å²) < 4.78 is 94.9. The highest BCUT2D eigenvalue weighted by molar-refractivity contribution is 7.92. The molecule has 1 saturated carbocycles. The van der Waals surface area contributed by atoms with Crippen molar-refractivity contribution in [3.05, 3.63) is 58.6 Å². The Labute approximate surface area is 225 Å². The third-order valence-corrected chi connectivity index (χ3v) is 11.4. The number of halogens is 3. The molecule has 13 heteroatoms. The van der Waals surface area contributed by atoms with Gasteiger partial charge in [0.1, 0.15) is 10.6 Å². The molecule has 1 fully saturated rings. The minimum atomic E-state index is -4.35. The van der Waals surface area contributed by atoms with Gasteiger partial charge in [-0.25, -0.2) is 30.3 Å². The zero-order chi connectivity index (χ0) is 27.7. The van der Waals surface area contributed by atoms with Crippen molar-refractivity contribution in [3.8, 4) is 5.75 Å². The highest BCUT2D eigenvalue weighted by Gasteiger charge is 2.60. The fourth-order valence-corrected chi connectivity index (χ4v) is 9.13. The maximum Gasteiger partial charge on any atom is 0.306 e. The topological polar surface area (TPSA) is 116 Å². The van der Waals surface area contributed by atoms with Gasteiger partial charge in [-0.15, -0.1) is 0 Å². The first-order valence-electron chi connectivity index (χ1n) is 12.2. The van der Waals surface area contributed by atoms with Gasteiger partial charge in [-0.1, -0.05) is 18.0 Å². The van der Waals surface area contributed by atoms with Gasteiger partial charge in [0, 0.05) is 17.5 Å². The molecular formula is C25H28ClF2NO7S2. The predicted octanol–water partition coefficient (Wildman–Crippen LogP) is 3.97. The van der Waals surface area contributed by atoms with E-state index in [9.17, 15) is 26.0 Å². The molecule has 8 nitrogen and oxygen atoms in total. The van der Waals surface area contributed by atoms with E-state index in [1.165, 1.54) is 24.3 Å². The molecule has 208 valence electrons. The predicted molar refractivity (Wildman–Crippen MR) is 136 cm³/mol. The van der Waals surface area contributed by atoms with Crippen LogP contribution in [0.3, 0.4) is 0 Å². The van der Waals surface area contributed by atoms with Crippen molar-refractivity contribution in [2.45, 2.75) is 42.2 Å². The van der Waals surface area contributed by atoms with Crippen LogP contribution < -0.4 is 9.46 Å². The van der Waals surface area contributed by atoms with Crippen LogP contribution >= 0.6 is 11.6 Å². The van der Waals surface area contributed by atoms with Crippen LogP contribution in [0.5, 0.6) is 5.75 Å². The number of hydrogen-bond donors (Lipinski definition) is 1. The molecule has 1 heterocycles.